The number of aryl methyl sites for hydroxylation is 1. The average Bonchev–Trinajstić information content (AvgIpc) is 2.36. The number of carboxylic acids is 1. The molecule has 0 saturated carbocycles. The summed E-state index contributed by atoms with van der Waals surface area (Å²) >= 11 is 1.54. The van der Waals surface area contributed by atoms with Crippen LogP contribution in [0.4, 0.5) is 0 Å². The van der Waals surface area contributed by atoms with Gasteiger partial charge in [0.05, 0.1) is 17.1 Å². The first-order chi connectivity index (χ1) is 5.72. The molecule has 0 spiro atoms. The molecule has 0 saturated heterocycles. The van der Waals surface area contributed by atoms with Crippen LogP contribution in [0.2, 0.25) is 0 Å². The van der Waals surface area contributed by atoms with Crippen LogP contribution in [0.5, 0.6) is 0 Å². The Balaban J connectivity index is 2.58. The predicted molar refractivity (Wildman–Crippen MR) is 47.4 cm³/mol. The fraction of sp³-hybridized carbons (Fsp3) is 0.500. The Bertz CT molecular complexity index is 270. The van der Waals surface area contributed by atoms with E-state index in [9.17, 15) is 4.79 Å². The predicted octanol–water partition coefficient (Wildman–Crippen LogP) is 1.72. The highest BCUT2D eigenvalue weighted by Gasteiger charge is 2.04. The van der Waals surface area contributed by atoms with E-state index in [4.69, 9.17) is 5.11 Å². The van der Waals surface area contributed by atoms with Gasteiger partial charge >= 0.3 is 5.97 Å². The maximum Gasteiger partial charge on any atom is 0.309 e. The summed E-state index contributed by atoms with van der Waals surface area (Å²) in [5.74, 6) is -0.816. The largest absolute Gasteiger partial charge is 0.481 e. The van der Waals surface area contributed by atoms with Crippen LogP contribution < -0.4 is 0 Å². The number of hydrogen-bond acceptors (Lipinski definition) is 3. The quantitative estimate of drug-likeness (QED) is 0.777. The molecule has 1 heterocycles. The molecule has 0 radical (unpaired) electrons. The lowest BCUT2D eigenvalue weighted by Crippen LogP contribution is -2.00. The van der Waals surface area contributed by atoms with Gasteiger partial charge in [-0.3, -0.25) is 4.79 Å². The molecule has 0 aromatic carbocycles. The Morgan fingerprint density at radius 3 is 3.08 bits per heavy atom. The van der Waals surface area contributed by atoms with E-state index >= 15 is 0 Å². The van der Waals surface area contributed by atoms with Gasteiger partial charge in [-0.2, -0.15) is 0 Å². The van der Waals surface area contributed by atoms with Crippen molar-refractivity contribution in [3.05, 3.63) is 16.1 Å². The number of aliphatic carboxylic acids is 1. The van der Waals surface area contributed by atoms with Crippen molar-refractivity contribution in [1.82, 2.24) is 4.98 Å². The van der Waals surface area contributed by atoms with Crippen LogP contribution >= 0.6 is 11.3 Å². The van der Waals surface area contributed by atoms with E-state index in [1.165, 1.54) is 0 Å². The summed E-state index contributed by atoms with van der Waals surface area (Å²) in [7, 11) is 0. The molecule has 0 fully saturated rings. The standard InChI is InChI=1S/C8H11NO2S/c1-2-3-7-9-6(5-12-7)4-8(10)11/h5H,2-4H2,1H3,(H,10,11). The van der Waals surface area contributed by atoms with Crippen molar-refractivity contribution >= 4 is 17.3 Å². The van der Waals surface area contributed by atoms with Gasteiger partial charge in [-0.15, -0.1) is 11.3 Å². The molecule has 0 aliphatic heterocycles. The Morgan fingerprint density at radius 2 is 2.50 bits per heavy atom. The van der Waals surface area contributed by atoms with Crippen LogP contribution in [-0.4, -0.2) is 16.1 Å². The van der Waals surface area contributed by atoms with Gasteiger partial charge in [0.25, 0.3) is 0 Å². The van der Waals surface area contributed by atoms with E-state index in [0.29, 0.717) is 5.69 Å². The zero-order valence-electron chi connectivity index (χ0n) is 6.91. The lowest BCUT2D eigenvalue weighted by atomic mass is 10.3. The third kappa shape index (κ3) is 2.62. The highest BCUT2D eigenvalue weighted by atomic mass is 32.1. The van der Waals surface area contributed by atoms with Crippen molar-refractivity contribution in [2.75, 3.05) is 0 Å². The number of carboxylic acid groups (broad SMARTS) is 1. The highest BCUT2D eigenvalue weighted by Crippen LogP contribution is 2.11. The third-order valence-corrected chi connectivity index (χ3v) is 2.35. The molecule has 1 rings (SSSR count). The second kappa shape index (κ2) is 4.21. The van der Waals surface area contributed by atoms with Crippen molar-refractivity contribution < 1.29 is 9.90 Å². The van der Waals surface area contributed by atoms with E-state index in [2.05, 4.69) is 11.9 Å². The fourth-order valence-corrected chi connectivity index (χ4v) is 1.81. The summed E-state index contributed by atoms with van der Waals surface area (Å²) in [6, 6.07) is 0. The number of aromatic nitrogens is 1. The van der Waals surface area contributed by atoms with Crippen LogP contribution in [-0.2, 0) is 17.6 Å². The Morgan fingerprint density at radius 1 is 1.75 bits per heavy atom. The number of rotatable bonds is 4. The molecule has 12 heavy (non-hydrogen) atoms. The van der Waals surface area contributed by atoms with Crippen LogP contribution in [0.25, 0.3) is 0 Å². The summed E-state index contributed by atoms with van der Waals surface area (Å²) in [5.41, 5.74) is 0.677. The first-order valence-electron chi connectivity index (χ1n) is 3.87. The monoisotopic (exact) mass is 185 g/mol. The minimum Gasteiger partial charge on any atom is -0.481 e. The number of thiazole rings is 1. The summed E-state index contributed by atoms with van der Waals surface area (Å²) in [4.78, 5) is 14.5. The molecule has 0 atom stereocenters. The molecule has 66 valence electrons. The van der Waals surface area contributed by atoms with Gasteiger partial charge in [0.15, 0.2) is 0 Å². The van der Waals surface area contributed by atoms with Crippen molar-refractivity contribution in [2.45, 2.75) is 26.2 Å². The molecule has 4 heteroatoms. The fourth-order valence-electron chi connectivity index (χ4n) is 0.914. The van der Waals surface area contributed by atoms with Gasteiger partial charge < -0.3 is 5.11 Å². The molecule has 0 bridgehead atoms. The summed E-state index contributed by atoms with van der Waals surface area (Å²) in [6.45, 7) is 2.08. The normalized spacial score (nSPS) is 10.1. The molecule has 0 amide bonds. The Labute approximate surface area is 75.1 Å². The van der Waals surface area contributed by atoms with E-state index in [-0.39, 0.29) is 6.42 Å². The first-order valence-corrected chi connectivity index (χ1v) is 4.75. The molecule has 0 aliphatic rings. The lowest BCUT2D eigenvalue weighted by Gasteiger charge is -1.88. The van der Waals surface area contributed by atoms with Gasteiger partial charge in [0, 0.05) is 5.38 Å². The molecule has 1 aromatic heterocycles. The summed E-state index contributed by atoms with van der Waals surface area (Å²) < 4.78 is 0. The van der Waals surface area contributed by atoms with Gasteiger partial charge in [-0.1, -0.05) is 6.92 Å². The van der Waals surface area contributed by atoms with Crippen molar-refractivity contribution in [3.63, 3.8) is 0 Å². The molecule has 1 N–H and O–H groups in total. The van der Waals surface area contributed by atoms with E-state index in [1.54, 1.807) is 11.3 Å². The van der Waals surface area contributed by atoms with Crippen LogP contribution in [0, 0.1) is 0 Å². The summed E-state index contributed by atoms with van der Waals surface area (Å²) in [5, 5.41) is 11.3. The second-order valence-corrected chi connectivity index (χ2v) is 3.50. The molecule has 0 aliphatic carbocycles. The topological polar surface area (TPSA) is 50.2 Å². The van der Waals surface area contributed by atoms with Gasteiger partial charge in [0.2, 0.25) is 0 Å². The molecular weight excluding hydrogens is 174 g/mol. The maximum absolute atomic E-state index is 10.3. The Hall–Kier alpha value is -0.900. The average molecular weight is 185 g/mol. The SMILES string of the molecule is CCCc1nc(CC(=O)O)cs1. The second-order valence-electron chi connectivity index (χ2n) is 2.55. The van der Waals surface area contributed by atoms with Crippen molar-refractivity contribution in [3.8, 4) is 0 Å². The number of hydrogen-bond donors (Lipinski definition) is 1. The minimum atomic E-state index is -0.816. The van der Waals surface area contributed by atoms with Crippen LogP contribution in [0.3, 0.4) is 0 Å². The van der Waals surface area contributed by atoms with Crippen LogP contribution in [0.15, 0.2) is 5.38 Å². The Kier molecular flexibility index (Phi) is 3.22. The number of carbonyl (C=O) groups is 1. The van der Waals surface area contributed by atoms with Gasteiger partial charge in [-0.05, 0) is 12.8 Å². The minimum absolute atomic E-state index is 0.0419. The van der Waals surface area contributed by atoms with E-state index < -0.39 is 5.97 Å². The highest BCUT2D eigenvalue weighted by molar-refractivity contribution is 7.09. The van der Waals surface area contributed by atoms with Crippen molar-refractivity contribution in [2.24, 2.45) is 0 Å². The van der Waals surface area contributed by atoms with E-state index in [0.717, 1.165) is 17.8 Å². The maximum atomic E-state index is 10.3. The molecule has 1 aromatic rings. The molecule has 3 nitrogen and oxygen atoms in total. The van der Waals surface area contributed by atoms with Crippen molar-refractivity contribution in [1.29, 1.82) is 0 Å². The zero-order chi connectivity index (χ0) is 8.97. The zero-order valence-corrected chi connectivity index (χ0v) is 7.73. The molecular formula is C8H11NO2S. The lowest BCUT2D eigenvalue weighted by molar-refractivity contribution is -0.136. The van der Waals surface area contributed by atoms with Crippen LogP contribution in [0.1, 0.15) is 24.0 Å². The van der Waals surface area contributed by atoms with Gasteiger partial charge in [0.1, 0.15) is 0 Å². The summed E-state index contributed by atoms with van der Waals surface area (Å²) in [6.07, 6.45) is 2.05. The first kappa shape index (κ1) is 9.19. The van der Waals surface area contributed by atoms with E-state index in [1.807, 2.05) is 5.38 Å². The smallest absolute Gasteiger partial charge is 0.309 e. The molecule has 0 unspecified atom stereocenters. The third-order valence-electron chi connectivity index (χ3n) is 1.40. The number of nitrogens with zero attached hydrogens (tertiary/aromatic N) is 1. The van der Waals surface area contributed by atoms with Gasteiger partial charge in [-0.25, -0.2) is 4.98 Å².